The summed E-state index contributed by atoms with van der Waals surface area (Å²) in [6, 6.07) is 0. The van der Waals surface area contributed by atoms with Gasteiger partial charge in [0.2, 0.25) is 0 Å². The molecule has 92 valence electrons. The van der Waals surface area contributed by atoms with Crippen molar-refractivity contribution >= 4 is 5.69 Å². The lowest BCUT2D eigenvalue weighted by Gasteiger charge is -2.03. The maximum absolute atomic E-state index is 4.23. The highest BCUT2D eigenvalue weighted by atomic mass is 15.3. The average molecular weight is 223 g/mol. The van der Waals surface area contributed by atoms with Crippen molar-refractivity contribution in [3.05, 3.63) is 12.4 Å². The number of anilines is 1. The van der Waals surface area contributed by atoms with E-state index in [1.54, 1.807) is 0 Å². The minimum atomic E-state index is 0.943. The van der Waals surface area contributed by atoms with E-state index in [4.69, 9.17) is 0 Å². The molecule has 0 aromatic carbocycles. The Morgan fingerprint density at radius 1 is 1.12 bits per heavy atom. The normalized spacial score (nSPS) is 10.6. The van der Waals surface area contributed by atoms with Crippen LogP contribution in [-0.4, -0.2) is 16.3 Å². The summed E-state index contributed by atoms with van der Waals surface area (Å²) in [5.41, 5.74) is 1.15. The molecule has 0 fully saturated rings. The predicted molar refractivity (Wildman–Crippen MR) is 69.8 cm³/mol. The third kappa shape index (κ3) is 5.19. The van der Waals surface area contributed by atoms with Crippen LogP contribution in [0.4, 0.5) is 5.69 Å². The topological polar surface area (TPSA) is 29.9 Å². The molecule has 0 aliphatic heterocycles. The second kappa shape index (κ2) is 8.20. The van der Waals surface area contributed by atoms with Crippen LogP contribution < -0.4 is 5.32 Å². The number of rotatable bonds is 9. The molecule has 0 saturated carbocycles. The predicted octanol–water partition coefficient (Wildman–Crippen LogP) is 3.68. The average Bonchev–Trinajstić information content (AvgIpc) is 2.76. The van der Waals surface area contributed by atoms with E-state index < -0.39 is 0 Å². The van der Waals surface area contributed by atoms with Gasteiger partial charge in [0.1, 0.15) is 0 Å². The summed E-state index contributed by atoms with van der Waals surface area (Å²) >= 11 is 0. The molecule has 0 atom stereocenters. The molecule has 3 heteroatoms. The van der Waals surface area contributed by atoms with Crippen LogP contribution in [0, 0.1) is 0 Å². The van der Waals surface area contributed by atoms with Gasteiger partial charge in [0.05, 0.1) is 11.9 Å². The van der Waals surface area contributed by atoms with Crippen LogP contribution in [0.15, 0.2) is 12.4 Å². The van der Waals surface area contributed by atoms with Gasteiger partial charge in [-0.1, -0.05) is 39.0 Å². The molecule has 16 heavy (non-hydrogen) atoms. The Labute approximate surface area is 99.2 Å². The van der Waals surface area contributed by atoms with Crippen LogP contribution in [0.1, 0.15) is 52.4 Å². The fourth-order valence-corrected chi connectivity index (χ4v) is 1.77. The Hall–Kier alpha value is -0.990. The standard InChI is InChI=1S/C13H25N3/c1-3-5-6-7-8-9-10-14-13-11-15-16(4-2)12-13/h11-12,14H,3-10H2,1-2H3. The fraction of sp³-hybridized carbons (Fsp3) is 0.769. The fourth-order valence-electron chi connectivity index (χ4n) is 1.77. The van der Waals surface area contributed by atoms with E-state index >= 15 is 0 Å². The molecular formula is C13H25N3. The summed E-state index contributed by atoms with van der Waals surface area (Å²) in [4.78, 5) is 0. The molecule has 0 saturated heterocycles. The van der Waals surface area contributed by atoms with Crippen molar-refractivity contribution < 1.29 is 0 Å². The molecule has 1 heterocycles. The van der Waals surface area contributed by atoms with E-state index in [2.05, 4.69) is 30.5 Å². The molecule has 0 bridgehead atoms. The zero-order valence-electron chi connectivity index (χ0n) is 10.7. The molecule has 1 aromatic rings. The molecule has 0 spiro atoms. The van der Waals surface area contributed by atoms with Gasteiger partial charge >= 0.3 is 0 Å². The molecule has 1 N–H and O–H groups in total. The van der Waals surface area contributed by atoms with Gasteiger partial charge in [0.25, 0.3) is 0 Å². The van der Waals surface area contributed by atoms with Gasteiger partial charge in [-0.2, -0.15) is 5.10 Å². The van der Waals surface area contributed by atoms with Crippen molar-refractivity contribution in [2.24, 2.45) is 0 Å². The number of hydrogen-bond donors (Lipinski definition) is 1. The van der Waals surface area contributed by atoms with E-state index in [0.717, 1.165) is 18.8 Å². The van der Waals surface area contributed by atoms with Crippen molar-refractivity contribution in [3.8, 4) is 0 Å². The summed E-state index contributed by atoms with van der Waals surface area (Å²) in [7, 11) is 0. The largest absolute Gasteiger partial charge is 0.383 e. The van der Waals surface area contributed by atoms with Gasteiger partial charge in [-0.15, -0.1) is 0 Å². The number of unbranched alkanes of at least 4 members (excludes halogenated alkanes) is 5. The van der Waals surface area contributed by atoms with Crippen LogP contribution in [0.2, 0.25) is 0 Å². The first-order chi connectivity index (χ1) is 7.86. The maximum atomic E-state index is 4.23. The van der Waals surface area contributed by atoms with E-state index in [0.29, 0.717) is 0 Å². The first kappa shape index (κ1) is 13.1. The van der Waals surface area contributed by atoms with Gasteiger partial charge in [-0.05, 0) is 13.3 Å². The molecule has 1 aromatic heterocycles. The second-order valence-corrected chi connectivity index (χ2v) is 4.28. The molecule has 0 amide bonds. The Morgan fingerprint density at radius 2 is 1.88 bits per heavy atom. The van der Waals surface area contributed by atoms with Crippen molar-refractivity contribution in [3.63, 3.8) is 0 Å². The van der Waals surface area contributed by atoms with Gasteiger partial charge in [0.15, 0.2) is 0 Å². The lowest BCUT2D eigenvalue weighted by molar-refractivity contribution is 0.617. The van der Waals surface area contributed by atoms with E-state index in [-0.39, 0.29) is 0 Å². The maximum Gasteiger partial charge on any atom is 0.0726 e. The van der Waals surface area contributed by atoms with Crippen LogP contribution in [0.3, 0.4) is 0 Å². The number of hydrogen-bond acceptors (Lipinski definition) is 2. The summed E-state index contributed by atoms with van der Waals surface area (Å²) in [6.07, 6.45) is 12.1. The lowest BCUT2D eigenvalue weighted by Crippen LogP contribution is -2.00. The SMILES string of the molecule is CCCCCCCCNc1cnn(CC)c1. The molecule has 0 unspecified atom stereocenters. The number of aromatic nitrogens is 2. The van der Waals surface area contributed by atoms with Gasteiger partial charge < -0.3 is 5.32 Å². The van der Waals surface area contributed by atoms with Gasteiger partial charge in [0, 0.05) is 19.3 Å². The highest BCUT2D eigenvalue weighted by Crippen LogP contribution is 2.07. The van der Waals surface area contributed by atoms with E-state index in [1.165, 1.54) is 38.5 Å². The van der Waals surface area contributed by atoms with E-state index in [9.17, 15) is 0 Å². The van der Waals surface area contributed by atoms with Crippen LogP contribution >= 0.6 is 0 Å². The Bertz CT molecular complexity index is 268. The summed E-state index contributed by atoms with van der Waals surface area (Å²) < 4.78 is 1.95. The minimum Gasteiger partial charge on any atom is -0.383 e. The van der Waals surface area contributed by atoms with Crippen molar-refractivity contribution in [2.45, 2.75) is 58.9 Å². The first-order valence-corrected chi connectivity index (χ1v) is 6.63. The van der Waals surface area contributed by atoms with Crippen molar-refractivity contribution in [1.29, 1.82) is 0 Å². The summed E-state index contributed by atoms with van der Waals surface area (Å²) in [5.74, 6) is 0. The van der Waals surface area contributed by atoms with Crippen LogP contribution in [0.5, 0.6) is 0 Å². The van der Waals surface area contributed by atoms with Gasteiger partial charge in [-0.3, -0.25) is 4.68 Å². The number of aryl methyl sites for hydroxylation is 1. The Morgan fingerprint density at radius 3 is 2.56 bits per heavy atom. The Balaban J connectivity index is 1.98. The second-order valence-electron chi connectivity index (χ2n) is 4.28. The van der Waals surface area contributed by atoms with Crippen molar-refractivity contribution in [2.75, 3.05) is 11.9 Å². The number of nitrogens with zero attached hydrogens (tertiary/aromatic N) is 2. The molecule has 3 nitrogen and oxygen atoms in total. The Kier molecular flexibility index (Phi) is 6.70. The molecular weight excluding hydrogens is 198 g/mol. The van der Waals surface area contributed by atoms with E-state index in [1.807, 2.05) is 10.9 Å². The highest BCUT2D eigenvalue weighted by molar-refractivity contribution is 5.37. The lowest BCUT2D eigenvalue weighted by atomic mass is 10.1. The number of nitrogens with one attached hydrogen (secondary N) is 1. The summed E-state index contributed by atoms with van der Waals surface area (Å²) in [6.45, 7) is 6.37. The minimum absolute atomic E-state index is 0.943. The van der Waals surface area contributed by atoms with Crippen LogP contribution in [-0.2, 0) is 6.54 Å². The third-order valence-electron chi connectivity index (χ3n) is 2.82. The highest BCUT2D eigenvalue weighted by Gasteiger charge is 1.95. The smallest absolute Gasteiger partial charge is 0.0726 e. The molecule has 0 radical (unpaired) electrons. The monoisotopic (exact) mass is 223 g/mol. The quantitative estimate of drug-likeness (QED) is 0.647. The third-order valence-corrected chi connectivity index (χ3v) is 2.82. The van der Waals surface area contributed by atoms with Gasteiger partial charge in [-0.25, -0.2) is 0 Å². The molecule has 1 rings (SSSR count). The van der Waals surface area contributed by atoms with Crippen molar-refractivity contribution in [1.82, 2.24) is 9.78 Å². The van der Waals surface area contributed by atoms with Crippen LogP contribution in [0.25, 0.3) is 0 Å². The zero-order valence-corrected chi connectivity index (χ0v) is 10.7. The molecule has 0 aliphatic carbocycles. The first-order valence-electron chi connectivity index (χ1n) is 6.63. The molecule has 0 aliphatic rings. The summed E-state index contributed by atoms with van der Waals surface area (Å²) in [5, 5.41) is 7.64. The zero-order chi connectivity index (χ0) is 11.6.